The molecule has 0 spiro atoms. The third kappa shape index (κ3) is 3.26. The van der Waals surface area contributed by atoms with E-state index >= 15 is 0 Å². The standard InChI is InChI=1S/C14H20N4O2/c1-11-7-14(20-15-11)10-18-5-3-17(4-6-18)9-13-8-12(2)19-16-13/h7-8H,3-6,9-10H2,1-2H3. The Labute approximate surface area is 118 Å². The Morgan fingerprint density at radius 1 is 0.950 bits per heavy atom. The molecule has 0 aromatic carbocycles. The predicted molar refractivity (Wildman–Crippen MR) is 73.0 cm³/mol. The molecule has 0 amide bonds. The minimum Gasteiger partial charge on any atom is -0.361 e. The fourth-order valence-corrected chi connectivity index (χ4v) is 2.54. The highest BCUT2D eigenvalue weighted by atomic mass is 16.5. The SMILES string of the molecule is Cc1cc(CN2CCN(Cc3cc(C)on3)CC2)on1. The monoisotopic (exact) mass is 276 g/mol. The van der Waals surface area contributed by atoms with Gasteiger partial charge in [-0.15, -0.1) is 0 Å². The molecule has 3 rings (SSSR count). The highest BCUT2D eigenvalue weighted by Crippen LogP contribution is 2.12. The molecule has 0 saturated carbocycles. The quantitative estimate of drug-likeness (QED) is 0.845. The van der Waals surface area contributed by atoms with E-state index in [1.54, 1.807) is 0 Å². The first kappa shape index (κ1) is 13.3. The number of rotatable bonds is 4. The first-order valence-corrected chi connectivity index (χ1v) is 6.98. The lowest BCUT2D eigenvalue weighted by atomic mass is 10.2. The maximum Gasteiger partial charge on any atom is 0.150 e. The van der Waals surface area contributed by atoms with Crippen LogP contribution in [0, 0.1) is 13.8 Å². The van der Waals surface area contributed by atoms with Gasteiger partial charge in [0.1, 0.15) is 5.76 Å². The molecule has 6 heteroatoms. The molecule has 3 heterocycles. The molecule has 1 aliphatic rings. The number of nitrogens with zero attached hydrogens (tertiary/aromatic N) is 4. The van der Waals surface area contributed by atoms with E-state index in [0.29, 0.717) is 0 Å². The Morgan fingerprint density at radius 3 is 2.20 bits per heavy atom. The van der Waals surface area contributed by atoms with E-state index < -0.39 is 0 Å². The van der Waals surface area contributed by atoms with E-state index in [1.807, 2.05) is 26.0 Å². The first-order valence-electron chi connectivity index (χ1n) is 6.98. The van der Waals surface area contributed by atoms with Crippen LogP contribution >= 0.6 is 0 Å². The second-order valence-electron chi connectivity index (χ2n) is 5.42. The normalized spacial score (nSPS) is 17.7. The minimum atomic E-state index is 0.845. The van der Waals surface area contributed by atoms with Gasteiger partial charge in [-0.2, -0.15) is 0 Å². The van der Waals surface area contributed by atoms with Crippen LogP contribution in [0.15, 0.2) is 21.2 Å². The molecule has 1 saturated heterocycles. The Bertz CT molecular complexity index is 505. The van der Waals surface area contributed by atoms with Crippen molar-refractivity contribution in [3.05, 3.63) is 35.0 Å². The van der Waals surface area contributed by atoms with E-state index in [2.05, 4.69) is 20.1 Å². The second-order valence-corrected chi connectivity index (χ2v) is 5.42. The van der Waals surface area contributed by atoms with Crippen molar-refractivity contribution in [3.63, 3.8) is 0 Å². The molecule has 2 aromatic heterocycles. The molecule has 1 fully saturated rings. The van der Waals surface area contributed by atoms with E-state index in [1.165, 1.54) is 0 Å². The van der Waals surface area contributed by atoms with Crippen molar-refractivity contribution in [1.82, 2.24) is 20.1 Å². The zero-order chi connectivity index (χ0) is 13.9. The summed E-state index contributed by atoms with van der Waals surface area (Å²) in [5.74, 6) is 1.82. The van der Waals surface area contributed by atoms with E-state index in [0.717, 1.165) is 62.2 Å². The summed E-state index contributed by atoms with van der Waals surface area (Å²) in [5, 5.41) is 7.97. The van der Waals surface area contributed by atoms with Gasteiger partial charge in [-0.25, -0.2) is 0 Å². The van der Waals surface area contributed by atoms with Gasteiger partial charge in [0.2, 0.25) is 0 Å². The molecule has 2 aromatic rings. The van der Waals surface area contributed by atoms with Gasteiger partial charge < -0.3 is 9.05 Å². The van der Waals surface area contributed by atoms with Crippen molar-refractivity contribution in [2.45, 2.75) is 26.9 Å². The average molecular weight is 276 g/mol. The lowest BCUT2D eigenvalue weighted by Crippen LogP contribution is -2.45. The van der Waals surface area contributed by atoms with Gasteiger partial charge in [0.15, 0.2) is 5.76 Å². The highest BCUT2D eigenvalue weighted by molar-refractivity contribution is 5.04. The fraction of sp³-hybridized carbons (Fsp3) is 0.571. The Hall–Kier alpha value is -1.66. The number of hydrogen-bond acceptors (Lipinski definition) is 6. The van der Waals surface area contributed by atoms with Crippen molar-refractivity contribution in [2.75, 3.05) is 26.2 Å². The van der Waals surface area contributed by atoms with Crippen molar-refractivity contribution >= 4 is 0 Å². The van der Waals surface area contributed by atoms with Crippen LogP contribution in [-0.2, 0) is 13.1 Å². The minimum absolute atomic E-state index is 0.845. The number of aryl methyl sites for hydroxylation is 2. The van der Waals surface area contributed by atoms with Crippen LogP contribution in [0.2, 0.25) is 0 Å². The van der Waals surface area contributed by atoms with Gasteiger partial charge in [-0.1, -0.05) is 10.3 Å². The molecule has 108 valence electrons. The maximum atomic E-state index is 5.26. The van der Waals surface area contributed by atoms with Crippen molar-refractivity contribution in [1.29, 1.82) is 0 Å². The largest absolute Gasteiger partial charge is 0.361 e. The zero-order valence-electron chi connectivity index (χ0n) is 12.0. The summed E-state index contributed by atoms with van der Waals surface area (Å²) in [4.78, 5) is 4.80. The van der Waals surface area contributed by atoms with Gasteiger partial charge in [0, 0.05) is 44.9 Å². The van der Waals surface area contributed by atoms with Crippen LogP contribution in [0.25, 0.3) is 0 Å². The Balaban J connectivity index is 1.47. The summed E-state index contributed by atoms with van der Waals surface area (Å²) in [6.45, 7) is 9.74. The van der Waals surface area contributed by atoms with E-state index in [4.69, 9.17) is 9.05 Å². The van der Waals surface area contributed by atoms with Gasteiger partial charge in [0.05, 0.1) is 17.9 Å². The fourth-order valence-electron chi connectivity index (χ4n) is 2.54. The van der Waals surface area contributed by atoms with Gasteiger partial charge in [0.25, 0.3) is 0 Å². The summed E-state index contributed by atoms with van der Waals surface area (Å²) in [6, 6.07) is 4.01. The summed E-state index contributed by atoms with van der Waals surface area (Å²) in [5.41, 5.74) is 1.96. The number of aromatic nitrogens is 2. The third-order valence-corrected chi connectivity index (χ3v) is 3.58. The molecule has 0 N–H and O–H groups in total. The van der Waals surface area contributed by atoms with Gasteiger partial charge in [-0.3, -0.25) is 9.80 Å². The number of piperazine rings is 1. The summed E-state index contributed by atoms with van der Waals surface area (Å²) in [6.07, 6.45) is 0. The van der Waals surface area contributed by atoms with Crippen LogP contribution in [0.4, 0.5) is 0 Å². The third-order valence-electron chi connectivity index (χ3n) is 3.58. The number of hydrogen-bond donors (Lipinski definition) is 0. The van der Waals surface area contributed by atoms with Gasteiger partial charge in [-0.05, 0) is 13.8 Å². The van der Waals surface area contributed by atoms with Crippen LogP contribution in [-0.4, -0.2) is 46.3 Å². The lowest BCUT2D eigenvalue weighted by molar-refractivity contribution is 0.112. The summed E-state index contributed by atoms with van der Waals surface area (Å²) < 4.78 is 10.4. The van der Waals surface area contributed by atoms with Crippen molar-refractivity contribution in [3.8, 4) is 0 Å². The maximum absolute atomic E-state index is 5.26. The van der Waals surface area contributed by atoms with Crippen LogP contribution < -0.4 is 0 Å². The van der Waals surface area contributed by atoms with Crippen LogP contribution in [0.1, 0.15) is 22.9 Å². The van der Waals surface area contributed by atoms with E-state index in [9.17, 15) is 0 Å². The topological polar surface area (TPSA) is 58.5 Å². The first-order chi connectivity index (χ1) is 9.69. The molecule has 0 unspecified atom stereocenters. The molecular weight excluding hydrogens is 256 g/mol. The van der Waals surface area contributed by atoms with Crippen molar-refractivity contribution < 1.29 is 9.05 Å². The van der Waals surface area contributed by atoms with Gasteiger partial charge >= 0.3 is 0 Å². The molecule has 0 atom stereocenters. The highest BCUT2D eigenvalue weighted by Gasteiger charge is 2.19. The Kier molecular flexibility index (Phi) is 3.84. The molecule has 0 radical (unpaired) electrons. The van der Waals surface area contributed by atoms with Crippen LogP contribution in [0.5, 0.6) is 0 Å². The van der Waals surface area contributed by atoms with Crippen LogP contribution in [0.3, 0.4) is 0 Å². The molecule has 6 nitrogen and oxygen atoms in total. The van der Waals surface area contributed by atoms with Crippen molar-refractivity contribution in [2.24, 2.45) is 0 Å². The zero-order valence-corrected chi connectivity index (χ0v) is 12.0. The lowest BCUT2D eigenvalue weighted by Gasteiger charge is -2.33. The second kappa shape index (κ2) is 5.76. The molecule has 1 aliphatic heterocycles. The smallest absolute Gasteiger partial charge is 0.150 e. The molecule has 0 aliphatic carbocycles. The van der Waals surface area contributed by atoms with E-state index in [-0.39, 0.29) is 0 Å². The Morgan fingerprint density at radius 2 is 1.65 bits per heavy atom. The summed E-state index contributed by atoms with van der Waals surface area (Å²) >= 11 is 0. The molecule has 20 heavy (non-hydrogen) atoms. The summed E-state index contributed by atoms with van der Waals surface area (Å²) in [7, 11) is 0. The molecular formula is C14H20N4O2. The predicted octanol–water partition coefficient (Wildman–Crippen LogP) is 1.60. The average Bonchev–Trinajstić information content (AvgIpc) is 3.01. The molecule has 0 bridgehead atoms.